The first-order valence-electron chi connectivity index (χ1n) is 6.66. The van der Waals surface area contributed by atoms with Crippen LogP contribution in [0.1, 0.15) is 5.56 Å². The maximum Gasteiger partial charge on any atom is 0.411 e. The monoisotopic (exact) mass is 302 g/mol. The Hall–Kier alpha value is -1.60. The van der Waals surface area contributed by atoms with Gasteiger partial charge >= 0.3 is 6.18 Å². The first-order chi connectivity index (χ1) is 9.96. The van der Waals surface area contributed by atoms with E-state index in [2.05, 4.69) is 10.1 Å². The number of amides is 1. The minimum atomic E-state index is -4.33. The number of nitrogens with one attached hydrogen (secondary N) is 1. The first-order valence-corrected chi connectivity index (χ1v) is 6.66. The second kappa shape index (κ2) is 6.91. The van der Waals surface area contributed by atoms with Crippen molar-refractivity contribution < 1.29 is 22.7 Å². The lowest BCUT2D eigenvalue weighted by Gasteiger charge is -2.16. The molecule has 7 heteroatoms. The molecule has 0 radical (unpaired) electrons. The Bertz CT molecular complexity index is 465. The molecule has 1 saturated heterocycles. The molecule has 4 nitrogen and oxygen atoms in total. The Kier molecular flexibility index (Phi) is 5.19. The summed E-state index contributed by atoms with van der Waals surface area (Å²) in [6, 6.07) is 9.25. The van der Waals surface area contributed by atoms with Gasteiger partial charge in [0.2, 0.25) is 5.91 Å². The highest BCUT2D eigenvalue weighted by Gasteiger charge is 2.31. The van der Waals surface area contributed by atoms with Gasteiger partial charge in [-0.05, 0) is 12.0 Å². The Morgan fingerprint density at radius 1 is 1.29 bits per heavy atom. The molecule has 1 unspecified atom stereocenters. The summed E-state index contributed by atoms with van der Waals surface area (Å²) < 4.78 is 40.3. The summed E-state index contributed by atoms with van der Waals surface area (Å²) in [7, 11) is 0. The highest BCUT2D eigenvalue weighted by molar-refractivity contribution is 5.84. The molecule has 1 atom stereocenters. The summed E-state index contributed by atoms with van der Waals surface area (Å²) in [4.78, 5) is 13.6. The van der Waals surface area contributed by atoms with Gasteiger partial charge in [0.15, 0.2) is 0 Å². The van der Waals surface area contributed by atoms with Crippen molar-refractivity contribution in [2.45, 2.75) is 18.6 Å². The van der Waals surface area contributed by atoms with Crippen LogP contribution in [0.3, 0.4) is 0 Å². The molecule has 1 N–H and O–H groups in total. The minimum absolute atomic E-state index is 0.102. The molecule has 1 aliphatic rings. The molecule has 0 bridgehead atoms. The van der Waals surface area contributed by atoms with Crippen molar-refractivity contribution >= 4 is 5.91 Å². The summed E-state index contributed by atoms with van der Waals surface area (Å²) in [6.07, 6.45) is -3.76. The van der Waals surface area contributed by atoms with Crippen LogP contribution in [0, 0.1) is 0 Å². The molecule has 1 fully saturated rings. The maximum absolute atomic E-state index is 12.1. The second-order valence-electron chi connectivity index (χ2n) is 4.87. The number of ether oxygens (including phenoxy) is 1. The standard InChI is InChI=1S/C14H17F3N2O2/c15-14(16,17)9-21-7-6-19-10-18-12(13(19)20)8-11-4-2-1-3-5-11/h1-5,12,18H,6-10H2. The molecule has 21 heavy (non-hydrogen) atoms. The van der Waals surface area contributed by atoms with Gasteiger partial charge < -0.3 is 9.64 Å². The second-order valence-corrected chi connectivity index (χ2v) is 4.87. The van der Waals surface area contributed by atoms with E-state index in [4.69, 9.17) is 0 Å². The highest BCUT2D eigenvalue weighted by Crippen LogP contribution is 2.14. The van der Waals surface area contributed by atoms with Gasteiger partial charge in [-0.1, -0.05) is 30.3 Å². The van der Waals surface area contributed by atoms with Crippen molar-refractivity contribution in [2.75, 3.05) is 26.4 Å². The number of carbonyl (C=O) groups excluding carboxylic acids is 1. The van der Waals surface area contributed by atoms with Gasteiger partial charge in [-0.2, -0.15) is 13.2 Å². The number of rotatable bonds is 6. The number of hydrogen-bond donors (Lipinski definition) is 1. The first kappa shape index (κ1) is 15.8. The fourth-order valence-electron chi connectivity index (χ4n) is 2.17. The van der Waals surface area contributed by atoms with E-state index < -0.39 is 12.8 Å². The van der Waals surface area contributed by atoms with E-state index in [1.54, 1.807) is 0 Å². The highest BCUT2D eigenvalue weighted by atomic mass is 19.4. The van der Waals surface area contributed by atoms with E-state index in [1.165, 1.54) is 4.90 Å². The van der Waals surface area contributed by atoms with Gasteiger partial charge in [-0.25, -0.2) is 0 Å². The van der Waals surface area contributed by atoms with Crippen molar-refractivity contribution in [3.05, 3.63) is 35.9 Å². The Morgan fingerprint density at radius 2 is 2.00 bits per heavy atom. The number of alkyl halides is 3. The predicted octanol–water partition coefficient (Wildman–Crippen LogP) is 1.57. The number of benzene rings is 1. The third-order valence-corrected chi connectivity index (χ3v) is 3.19. The summed E-state index contributed by atoms with van der Waals surface area (Å²) in [5.41, 5.74) is 1.04. The van der Waals surface area contributed by atoms with Gasteiger partial charge in [0.05, 0.1) is 19.3 Å². The van der Waals surface area contributed by atoms with E-state index in [-0.39, 0.29) is 25.1 Å². The molecule has 116 valence electrons. The van der Waals surface area contributed by atoms with E-state index in [0.29, 0.717) is 13.1 Å². The van der Waals surface area contributed by atoms with Crippen molar-refractivity contribution in [1.82, 2.24) is 10.2 Å². The molecular formula is C14H17F3N2O2. The predicted molar refractivity (Wildman–Crippen MR) is 70.5 cm³/mol. The number of halogens is 3. The minimum Gasteiger partial charge on any atom is -0.370 e. The van der Waals surface area contributed by atoms with Crippen LogP contribution in [0.2, 0.25) is 0 Å². The van der Waals surface area contributed by atoms with Crippen LogP contribution in [0.15, 0.2) is 30.3 Å². The molecular weight excluding hydrogens is 285 g/mol. The Morgan fingerprint density at radius 3 is 2.67 bits per heavy atom. The normalized spacial score (nSPS) is 19.3. The lowest BCUT2D eigenvalue weighted by atomic mass is 10.1. The van der Waals surface area contributed by atoms with Gasteiger partial charge in [0.1, 0.15) is 6.61 Å². The van der Waals surface area contributed by atoms with Crippen molar-refractivity contribution in [3.63, 3.8) is 0 Å². The smallest absolute Gasteiger partial charge is 0.370 e. The largest absolute Gasteiger partial charge is 0.411 e. The van der Waals surface area contributed by atoms with Crippen molar-refractivity contribution in [3.8, 4) is 0 Å². The molecule has 1 aromatic carbocycles. The zero-order valence-electron chi connectivity index (χ0n) is 11.4. The molecule has 0 saturated carbocycles. The summed E-state index contributed by atoms with van der Waals surface area (Å²) in [5, 5.41) is 3.06. The summed E-state index contributed by atoms with van der Waals surface area (Å²) in [5.74, 6) is -0.102. The van der Waals surface area contributed by atoms with Crippen LogP contribution < -0.4 is 5.32 Å². The van der Waals surface area contributed by atoms with Crippen molar-refractivity contribution in [2.24, 2.45) is 0 Å². The average molecular weight is 302 g/mol. The van der Waals surface area contributed by atoms with Crippen LogP contribution in [-0.2, 0) is 16.0 Å². The van der Waals surface area contributed by atoms with E-state index in [0.717, 1.165) is 5.56 Å². The van der Waals surface area contributed by atoms with Gasteiger partial charge in [-0.15, -0.1) is 0 Å². The fourth-order valence-corrected chi connectivity index (χ4v) is 2.17. The average Bonchev–Trinajstić information content (AvgIpc) is 2.76. The molecule has 1 heterocycles. The SMILES string of the molecule is O=C1C(Cc2ccccc2)NCN1CCOCC(F)(F)F. The number of nitrogens with zero attached hydrogens (tertiary/aromatic N) is 1. The molecule has 0 aliphatic carbocycles. The zero-order chi connectivity index (χ0) is 15.3. The molecule has 1 aromatic rings. The fraction of sp³-hybridized carbons (Fsp3) is 0.500. The number of hydrogen-bond acceptors (Lipinski definition) is 3. The molecule has 2 rings (SSSR count). The molecule has 0 spiro atoms. The quantitative estimate of drug-likeness (QED) is 0.811. The van der Waals surface area contributed by atoms with Crippen molar-refractivity contribution in [1.29, 1.82) is 0 Å². The van der Waals surface area contributed by atoms with Gasteiger partial charge in [0.25, 0.3) is 0 Å². The maximum atomic E-state index is 12.1. The Balaban J connectivity index is 1.74. The van der Waals surface area contributed by atoms with Gasteiger partial charge in [-0.3, -0.25) is 10.1 Å². The van der Waals surface area contributed by atoms with Gasteiger partial charge in [0, 0.05) is 6.54 Å². The Labute approximate surface area is 120 Å². The lowest BCUT2D eigenvalue weighted by molar-refractivity contribution is -0.174. The van der Waals surface area contributed by atoms with Crippen LogP contribution >= 0.6 is 0 Å². The summed E-state index contributed by atoms with van der Waals surface area (Å²) in [6.45, 7) is -0.903. The molecule has 1 aliphatic heterocycles. The molecule has 0 aromatic heterocycles. The molecule has 1 amide bonds. The third kappa shape index (κ3) is 5.02. The lowest BCUT2D eigenvalue weighted by Crippen LogP contribution is -2.34. The topological polar surface area (TPSA) is 41.6 Å². The van der Waals surface area contributed by atoms with E-state index >= 15 is 0 Å². The van der Waals surface area contributed by atoms with E-state index in [9.17, 15) is 18.0 Å². The van der Waals surface area contributed by atoms with Crippen LogP contribution in [-0.4, -0.2) is 49.5 Å². The summed E-state index contributed by atoms with van der Waals surface area (Å²) >= 11 is 0. The number of carbonyl (C=O) groups is 1. The van der Waals surface area contributed by atoms with E-state index in [1.807, 2.05) is 30.3 Å². The van der Waals surface area contributed by atoms with Crippen LogP contribution in [0.5, 0.6) is 0 Å². The zero-order valence-corrected chi connectivity index (χ0v) is 11.4. The third-order valence-electron chi connectivity index (χ3n) is 3.19. The van der Waals surface area contributed by atoms with Crippen LogP contribution in [0.4, 0.5) is 13.2 Å². The van der Waals surface area contributed by atoms with Crippen LogP contribution in [0.25, 0.3) is 0 Å².